The Kier molecular flexibility index (Phi) is 7.80. The van der Waals surface area contributed by atoms with E-state index in [0.717, 1.165) is 17.1 Å². The topological polar surface area (TPSA) is 6.48 Å². The lowest BCUT2D eigenvalue weighted by Gasteiger charge is -2.53. The number of benzene rings is 1. The largest absolute Gasteiger partial charge is 0.369 e. The van der Waals surface area contributed by atoms with E-state index in [0.29, 0.717) is 5.41 Å². The molecule has 2 saturated carbocycles. The van der Waals surface area contributed by atoms with Gasteiger partial charge >= 0.3 is 0 Å². The predicted molar refractivity (Wildman–Crippen MR) is 134 cm³/mol. The maximum Gasteiger partial charge on any atom is 0.0367 e. The molecular weight excluding hydrogens is 383 g/mol. The zero-order valence-electron chi connectivity index (χ0n) is 19.9. The van der Waals surface area contributed by atoms with E-state index in [1.807, 2.05) is 0 Å². The van der Waals surface area contributed by atoms with Gasteiger partial charge in [0.25, 0.3) is 0 Å². The first-order valence-corrected chi connectivity index (χ1v) is 14.4. The van der Waals surface area contributed by atoms with Crippen LogP contribution in [0.15, 0.2) is 30.3 Å². The first-order chi connectivity index (χ1) is 14.5. The molecule has 1 aromatic carbocycles. The fraction of sp³-hybridized carbons (Fsp3) is 0.778. The van der Waals surface area contributed by atoms with Crippen molar-refractivity contribution in [1.29, 1.82) is 0 Å². The van der Waals surface area contributed by atoms with Crippen LogP contribution in [0.2, 0.25) is 0 Å². The third kappa shape index (κ3) is 5.42. The zero-order chi connectivity index (χ0) is 21.0. The Morgan fingerprint density at radius 2 is 1.23 bits per heavy atom. The van der Waals surface area contributed by atoms with Crippen molar-refractivity contribution in [1.82, 2.24) is 4.90 Å². The quantitative estimate of drug-likeness (QED) is 0.453. The number of nitrogens with zero attached hydrogens (tertiary/aromatic N) is 2. The summed E-state index contributed by atoms with van der Waals surface area (Å²) in [5.74, 6) is 0.802. The lowest BCUT2D eigenvalue weighted by atomic mass is 9.94. The van der Waals surface area contributed by atoms with Crippen molar-refractivity contribution in [2.75, 3.05) is 31.1 Å². The number of rotatable bonds is 5. The summed E-state index contributed by atoms with van der Waals surface area (Å²) in [7, 11) is 0.0675. The van der Waals surface area contributed by atoms with Gasteiger partial charge in [-0.25, -0.2) is 0 Å². The molecule has 4 rings (SSSR count). The third-order valence-corrected chi connectivity index (χ3v) is 12.2. The van der Waals surface area contributed by atoms with Gasteiger partial charge in [-0.1, -0.05) is 85.4 Å². The SMILES string of the molecule is CC(C)(C)C(N1CCN(c2ccccc2)CC1)P(C1CCCCC1)C1CCCCC1. The average Bonchev–Trinajstić information content (AvgIpc) is 2.78. The van der Waals surface area contributed by atoms with Gasteiger partial charge in [0.1, 0.15) is 0 Å². The molecule has 0 amide bonds. The molecule has 1 saturated heterocycles. The van der Waals surface area contributed by atoms with E-state index in [9.17, 15) is 0 Å². The monoisotopic (exact) mass is 428 g/mol. The fourth-order valence-electron chi connectivity index (χ4n) is 6.50. The third-order valence-electron chi connectivity index (χ3n) is 7.83. The summed E-state index contributed by atoms with van der Waals surface area (Å²) in [6, 6.07) is 11.1. The number of hydrogen-bond donors (Lipinski definition) is 0. The molecule has 3 heteroatoms. The van der Waals surface area contributed by atoms with Gasteiger partial charge in [-0.2, -0.15) is 0 Å². The zero-order valence-corrected chi connectivity index (χ0v) is 20.8. The van der Waals surface area contributed by atoms with Crippen LogP contribution in [0, 0.1) is 5.41 Å². The van der Waals surface area contributed by atoms with Crippen molar-refractivity contribution in [3.8, 4) is 0 Å². The van der Waals surface area contributed by atoms with Crippen molar-refractivity contribution < 1.29 is 0 Å². The Labute approximate surface area is 187 Å². The molecule has 0 N–H and O–H groups in total. The highest BCUT2D eigenvalue weighted by Crippen LogP contribution is 2.63. The fourth-order valence-corrected chi connectivity index (χ4v) is 11.3. The van der Waals surface area contributed by atoms with E-state index in [2.05, 4.69) is 60.9 Å². The molecule has 2 nitrogen and oxygen atoms in total. The highest BCUT2D eigenvalue weighted by atomic mass is 31.1. The number of hydrogen-bond acceptors (Lipinski definition) is 2. The van der Waals surface area contributed by atoms with Crippen molar-refractivity contribution in [3.05, 3.63) is 30.3 Å². The predicted octanol–water partition coefficient (Wildman–Crippen LogP) is 7.33. The first-order valence-electron chi connectivity index (χ1n) is 12.9. The second-order valence-electron chi connectivity index (χ2n) is 11.1. The Morgan fingerprint density at radius 3 is 1.70 bits per heavy atom. The summed E-state index contributed by atoms with van der Waals surface area (Å²) in [5, 5.41) is 0. The Balaban J connectivity index is 1.53. The number of piperazine rings is 1. The van der Waals surface area contributed by atoms with Crippen molar-refractivity contribution in [2.24, 2.45) is 5.41 Å². The number of para-hydroxylation sites is 1. The standard InChI is InChI=1S/C27H45N2P/c1-27(2,3)26(29-21-19-28(20-22-29)23-13-7-4-8-14-23)30(24-15-9-5-10-16-24)25-17-11-6-12-18-25/h4,7-8,13-14,24-26H,5-6,9-12,15-22H2,1-3H3. The van der Waals surface area contributed by atoms with Crippen LogP contribution in [0.5, 0.6) is 0 Å². The van der Waals surface area contributed by atoms with Crippen molar-refractivity contribution in [3.63, 3.8) is 0 Å². The summed E-state index contributed by atoms with van der Waals surface area (Å²) in [4.78, 5) is 5.58. The Bertz CT molecular complexity index is 602. The van der Waals surface area contributed by atoms with Crippen LogP contribution < -0.4 is 4.90 Å². The summed E-state index contributed by atoms with van der Waals surface area (Å²) in [6.07, 6.45) is 15.1. The molecule has 0 bridgehead atoms. The van der Waals surface area contributed by atoms with E-state index < -0.39 is 0 Å². The molecule has 3 aliphatic rings. The van der Waals surface area contributed by atoms with Gasteiger partial charge in [0.2, 0.25) is 0 Å². The summed E-state index contributed by atoms with van der Waals surface area (Å²) in [6.45, 7) is 12.5. The van der Waals surface area contributed by atoms with Gasteiger partial charge in [0.05, 0.1) is 0 Å². The first kappa shape index (κ1) is 22.6. The molecule has 30 heavy (non-hydrogen) atoms. The highest BCUT2D eigenvalue weighted by Gasteiger charge is 2.44. The highest BCUT2D eigenvalue weighted by molar-refractivity contribution is 7.59. The van der Waals surface area contributed by atoms with Crippen LogP contribution in [0.25, 0.3) is 0 Å². The summed E-state index contributed by atoms with van der Waals surface area (Å²) in [5.41, 5.74) is 3.86. The van der Waals surface area contributed by atoms with E-state index >= 15 is 0 Å². The van der Waals surface area contributed by atoms with E-state index in [1.165, 1.54) is 96.1 Å². The lowest BCUT2D eigenvalue weighted by molar-refractivity contribution is 0.149. The van der Waals surface area contributed by atoms with Crippen molar-refractivity contribution >= 4 is 13.6 Å². The van der Waals surface area contributed by atoms with Crippen LogP contribution in [0.4, 0.5) is 5.69 Å². The van der Waals surface area contributed by atoms with Gasteiger partial charge in [-0.05, 0) is 54.5 Å². The Morgan fingerprint density at radius 1 is 0.733 bits per heavy atom. The molecule has 1 aliphatic heterocycles. The van der Waals surface area contributed by atoms with Gasteiger partial charge in [0, 0.05) is 37.6 Å². The van der Waals surface area contributed by atoms with Gasteiger partial charge in [0.15, 0.2) is 0 Å². The van der Waals surface area contributed by atoms with E-state index in [4.69, 9.17) is 0 Å². The van der Waals surface area contributed by atoms with Crippen LogP contribution >= 0.6 is 7.92 Å². The molecule has 3 fully saturated rings. The molecule has 1 atom stereocenters. The lowest BCUT2D eigenvalue weighted by Crippen LogP contribution is -2.54. The molecular formula is C27H45N2P. The number of anilines is 1. The average molecular weight is 429 g/mol. The maximum atomic E-state index is 2.97. The van der Waals surface area contributed by atoms with Crippen molar-refractivity contribution in [2.45, 2.75) is 102 Å². The van der Waals surface area contributed by atoms with E-state index in [-0.39, 0.29) is 7.92 Å². The minimum absolute atomic E-state index is 0.0675. The van der Waals surface area contributed by atoms with Crippen LogP contribution in [0.1, 0.15) is 85.0 Å². The normalized spacial score (nSPS) is 24.3. The van der Waals surface area contributed by atoms with Crippen LogP contribution in [-0.4, -0.2) is 48.2 Å². The minimum Gasteiger partial charge on any atom is -0.369 e. The summed E-state index contributed by atoms with van der Waals surface area (Å²) < 4.78 is 0. The molecule has 168 valence electrons. The molecule has 1 aromatic rings. The van der Waals surface area contributed by atoms with Crippen LogP contribution in [-0.2, 0) is 0 Å². The molecule has 2 aliphatic carbocycles. The molecule has 0 spiro atoms. The second-order valence-corrected chi connectivity index (χ2v) is 14.0. The summed E-state index contributed by atoms with van der Waals surface area (Å²) >= 11 is 0. The molecule has 1 heterocycles. The van der Waals surface area contributed by atoms with Gasteiger partial charge < -0.3 is 4.90 Å². The van der Waals surface area contributed by atoms with Gasteiger partial charge in [-0.3, -0.25) is 4.90 Å². The molecule has 0 aromatic heterocycles. The molecule has 1 unspecified atom stereocenters. The Hall–Kier alpha value is -0.590. The van der Waals surface area contributed by atoms with Crippen LogP contribution in [0.3, 0.4) is 0 Å². The maximum absolute atomic E-state index is 2.97. The minimum atomic E-state index is 0.0675. The van der Waals surface area contributed by atoms with E-state index in [1.54, 1.807) is 0 Å². The second kappa shape index (κ2) is 10.4. The smallest absolute Gasteiger partial charge is 0.0367 e. The van der Waals surface area contributed by atoms with Gasteiger partial charge in [-0.15, -0.1) is 0 Å². The molecule has 0 radical (unpaired) electrons.